The molecule has 3 rings (SSSR count). The van der Waals surface area contributed by atoms with Crippen LogP contribution in [0.2, 0.25) is 0 Å². The molecule has 0 saturated carbocycles. The predicted molar refractivity (Wildman–Crippen MR) is 103 cm³/mol. The summed E-state index contributed by atoms with van der Waals surface area (Å²) >= 11 is 0. The zero-order valence-electron chi connectivity index (χ0n) is 16.4. The van der Waals surface area contributed by atoms with Crippen molar-refractivity contribution in [1.29, 1.82) is 0 Å². The fourth-order valence-corrected chi connectivity index (χ4v) is 3.86. The van der Waals surface area contributed by atoms with Gasteiger partial charge in [-0.2, -0.15) is 0 Å². The zero-order valence-corrected chi connectivity index (χ0v) is 16.4. The van der Waals surface area contributed by atoms with Gasteiger partial charge in [-0.05, 0) is 37.0 Å². The van der Waals surface area contributed by atoms with Gasteiger partial charge in [0.2, 0.25) is 5.91 Å². The number of unbranched alkanes of at least 4 members (excludes halogenated alkanes) is 1. The molecule has 0 bridgehead atoms. The van der Waals surface area contributed by atoms with Crippen LogP contribution in [0, 0.1) is 5.41 Å². The van der Waals surface area contributed by atoms with Crippen LogP contribution < -0.4 is 4.74 Å². The van der Waals surface area contributed by atoms with Crippen LogP contribution in [-0.2, 0) is 16.0 Å². The van der Waals surface area contributed by atoms with Crippen molar-refractivity contribution in [1.82, 2.24) is 9.80 Å². The van der Waals surface area contributed by atoms with E-state index in [1.165, 1.54) is 0 Å². The van der Waals surface area contributed by atoms with E-state index in [1.807, 2.05) is 29.2 Å². The van der Waals surface area contributed by atoms with Crippen molar-refractivity contribution in [3.05, 3.63) is 29.8 Å². The highest BCUT2D eigenvalue weighted by Gasteiger charge is 2.47. The molecular formula is C21H30N2O4. The smallest absolute Gasteiger partial charge is 0.409 e. The van der Waals surface area contributed by atoms with Gasteiger partial charge in [0.1, 0.15) is 5.75 Å². The first-order chi connectivity index (χ1) is 13.0. The Balaban J connectivity index is 1.41. The van der Waals surface area contributed by atoms with Crippen LogP contribution in [0.3, 0.4) is 0 Å². The lowest BCUT2D eigenvalue weighted by atomic mass is 9.72. The maximum Gasteiger partial charge on any atom is 0.409 e. The number of carbonyl (C=O) groups is 2. The highest BCUT2D eigenvalue weighted by molar-refractivity contribution is 5.79. The van der Waals surface area contributed by atoms with Crippen LogP contribution >= 0.6 is 0 Å². The molecule has 1 aromatic rings. The number of amides is 2. The van der Waals surface area contributed by atoms with Gasteiger partial charge < -0.3 is 19.3 Å². The van der Waals surface area contributed by atoms with Crippen LogP contribution in [0.1, 0.15) is 38.2 Å². The summed E-state index contributed by atoms with van der Waals surface area (Å²) in [6.07, 6.45) is 4.09. The Morgan fingerprint density at radius 1 is 1.07 bits per heavy atom. The molecule has 6 heteroatoms. The topological polar surface area (TPSA) is 59.1 Å². The van der Waals surface area contributed by atoms with Crippen molar-refractivity contribution < 1.29 is 19.1 Å². The molecule has 0 radical (unpaired) electrons. The first-order valence-corrected chi connectivity index (χ1v) is 9.88. The molecule has 0 aromatic heterocycles. The molecule has 2 saturated heterocycles. The summed E-state index contributed by atoms with van der Waals surface area (Å²) < 4.78 is 10.4. The third kappa shape index (κ3) is 4.73. The van der Waals surface area contributed by atoms with Crippen molar-refractivity contribution in [2.24, 2.45) is 5.41 Å². The minimum atomic E-state index is -0.188. The van der Waals surface area contributed by atoms with Crippen LogP contribution in [0.5, 0.6) is 5.75 Å². The van der Waals surface area contributed by atoms with Gasteiger partial charge in [0.15, 0.2) is 0 Å². The Morgan fingerprint density at radius 2 is 1.74 bits per heavy atom. The molecule has 2 aliphatic rings. The van der Waals surface area contributed by atoms with Crippen molar-refractivity contribution in [2.75, 3.05) is 39.9 Å². The van der Waals surface area contributed by atoms with Gasteiger partial charge in [-0.3, -0.25) is 4.79 Å². The highest BCUT2D eigenvalue weighted by atomic mass is 16.6. The molecule has 148 valence electrons. The minimum Gasteiger partial charge on any atom is -0.497 e. The number of likely N-dealkylation sites (tertiary alicyclic amines) is 2. The van der Waals surface area contributed by atoms with Gasteiger partial charge in [-0.25, -0.2) is 4.79 Å². The van der Waals surface area contributed by atoms with E-state index in [1.54, 1.807) is 12.0 Å². The molecule has 1 aromatic carbocycles. The van der Waals surface area contributed by atoms with Crippen molar-refractivity contribution in [3.63, 3.8) is 0 Å². The molecule has 6 nitrogen and oxygen atoms in total. The van der Waals surface area contributed by atoms with E-state index < -0.39 is 0 Å². The van der Waals surface area contributed by atoms with Gasteiger partial charge in [0, 0.05) is 31.6 Å². The maximum absolute atomic E-state index is 12.6. The lowest BCUT2D eigenvalue weighted by molar-refractivity contribution is -0.135. The second-order valence-electron chi connectivity index (χ2n) is 7.73. The number of hydrogen-bond acceptors (Lipinski definition) is 4. The number of benzene rings is 1. The summed E-state index contributed by atoms with van der Waals surface area (Å²) in [5.74, 6) is 0.971. The normalized spacial score (nSPS) is 18.1. The van der Waals surface area contributed by atoms with Gasteiger partial charge in [0.05, 0.1) is 20.1 Å². The number of nitrogens with zero attached hydrogens (tertiary/aromatic N) is 2. The largest absolute Gasteiger partial charge is 0.497 e. The summed E-state index contributed by atoms with van der Waals surface area (Å²) in [6, 6.07) is 7.65. The molecule has 2 heterocycles. The summed E-state index contributed by atoms with van der Waals surface area (Å²) in [5, 5.41) is 0. The highest BCUT2D eigenvalue weighted by Crippen LogP contribution is 2.40. The van der Waals surface area contributed by atoms with Crippen LogP contribution in [0.25, 0.3) is 0 Å². The van der Waals surface area contributed by atoms with Gasteiger partial charge in [-0.15, -0.1) is 0 Å². The maximum atomic E-state index is 12.6. The second kappa shape index (κ2) is 8.63. The molecule has 2 fully saturated rings. The van der Waals surface area contributed by atoms with E-state index in [9.17, 15) is 9.59 Å². The summed E-state index contributed by atoms with van der Waals surface area (Å²) in [7, 11) is 1.64. The monoisotopic (exact) mass is 374 g/mol. The van der Waals surface area contributed by atoms with E-state index >= 15 is 0 Å². The molecule has 0 unspecified atom stereocenters. The van der Waals surface area contributed by atoms with E-state index in [4.69, 9.17) is 9.47 Å². The van der Waals surface area contributed by atoms with Gasteiger partial charge >= 0.3 is 6.09 Å². The van der Waals surface area contributed by atoms with Crippen molar-refractivity contribution in [2.45, 2.75) is 39.0 Å². The number of hydrogen-bond donors (Lipinski definition) is 0. The number of carbonyl (C=O) groups excluding carboxylic acids is 2. The SMILES string of the molecule is CCCCOC(=O)N1CC2(CCN(C(=O)Cc3ccc(OC)cc3)CC2)C1. The fourth-order valence-electron chi connectivity index (χ4n) is 3.86. The molecule has 2 amide bonds. The Kier molecular flexibility index (Phi) is 6.24. The van der Waals surface area contributed by atoms with Gasteiger partial charge in [0.25, 0.3) is 0 Å². The summed E-state index contributed by atoms with van der Waals surface area (Å²) in [4.78, 5) is 28.3. The Bertz CT molecular complexity index is 643. The molecule has 0 N–H and O–H groups in total. The molecule has 1 spiro atoms. The number of methoxy groups -OCH3 is 1. The summed E-state index contributed by atoms with van der Waals surface area (Å²) in [5.41, 5.74) is 1.19. The lowest BCUT2D eigenvalue weighted by Crippen LogP contribution is -2.62. The standard InChI is InChI=1S/C21H30N2O4/c1-3-4-13-27-20(25)23-15-21(16-23)9-11-22(12-10-21)19(24)14-17-5-7-18(26-2)8-6-17/h5-8H,3-4,9-16H2,1-2H3. The second-order valence-corrected chi connectivity index (χ2v) is 7.73. The Morgan fingerprint density at radius 3 is 2.33 bits per heavy atom. The number of ether oxygens (including phenoxy) is 2. The van der Waals surface area contributed by atoms with E-state index in [0.717, 1.165) is 63.2 Å². The van der Waals surface area contributed by atoms with Crippen molar-refractivity contribution in [3.8, 4) is 5.75 Å². The van der Waals surface area contributed by atoms with Crippen LogP contribution in [-0.4, -0.2) is 61.7 Å². The third-order valence-electron chi connectivity index (χ3n) is 5.73. The van der Waals surface area contributed by atoms with E-state index in [-0.39, 0.29) is 17.4 Å². The Hall–Kier alpha value is -2.24. The molecule has 27 heavy (non-hydrogen) atoms. The van der Waals surface area contributed by atoms with E-state index in [2.05, 4.69) is 6.92 Å². The number of rotatable bonds is 6. The van der Waals surface area contributed by atoms with Crippen molar-refractivity contribution >= 4 is 12.0 Å². The van der Waals surface area contributed by atoms with E-state index in [0.29, 0.717) is 13.0 Å². The average Bonchev–Trinajstić information content (AvgIpc) is 2.67. The predicted octanol–water partition coefficient (Wildman–Crippen LogP) is 3.10. The van der Waals surface area contributed by atoms with Gasteiger partial charge in [-0.1, -0.05) is 25.5 Å². The fraction of sp³-hybridized carbons (Fsp3) is 0.619. The lowest BCUT2D eigenvalue weighted by Gasteiger charge is -2.53. The molecule has 0 atom stereocenters. The summed E-state index contributed by atoms with van der Waals surface area (Å²) in [6.45, 7) is 5.65. The Labute approximate surface area is 161 Å². The molecule has 2 aliphatic heterocycles. The first-order valence-electron chi connectivity index (χ1n) is 9.88. The minimum absolute atomic E-state index is 0.171. The molecule has 0 aliphatic carbocycles. The quantitative estimate of drug-likeness (QED) is 0.718. The average molecular weight is 374 g/mol. The third-order valence-corrected chi connectivity index (χ3v) is 5.73. The molecular weight excluding hydrogens is 344 g/mol. The van der Waals surface area contributed by atoms with Crippen LogP contribution in [0.4, 0.5) is 4.79 Å². The zero-order chi connectivity index (χ0) is 19.3. The van der Waals surface area contributed by atoms with Crippen LogP contribution in [0.15, 0.2) is 24.3 Å². The first kappa shape index (κ1) is 19.5. The number of piperidine rings is 1.